The second-order valence-corrected chi connectivity index (χ2v) is 9.93. The summed E-state index contributed by atoms with van der Waals surface area (Å²) in [5.74, 6) is 0.924. The van der Waals surface area contributed by atoms with E-state index in [9.17, 15) is 0 Å². The maximum atomic E-state index is 6.05. The van der Waals surface area contributed by atoms with Gasteiger partial charge in [-0.1, -0.05) is 18.2 Å². The lowest BCUT2D eigenvalue weighted by molar-refractivity contribution is 0.151. The Hall–Kier alpha value is -2.63. The minimum atomic E-state index is 0.308. The average Bonchev–Trinajstić information content (AvgIpc) is 3.30. The Balaban J connectivity index is 1.11. The summed E-state index contributed by atoms with van der Waals surface area (Å²) < 4.78 is 6.05. The van der Waals surface area contributed by atoms with Gasteiger partial charge in [0.05, 0.1) is 18.2 Å². The van der Waals surface area contributed by atoms with E-state index in [1.165, 1.54) is 67.8 Å². The van der Waals surface area contributed by atoms with Crippen LogP contribution in [0.15, 0.2) is 54.7 Å². The molecule has 0 bridgehead atoms. The summed E-state index contributed by atoms with van der Waals surface area (Å²) in [6.45, 7) is 10.2. The summed E-state index contributed by atoms with van der Waals surface area (Å²) in [5, 5.41) is 1.18. The number of para-hydroxylation sites is 1. The number of benzene rings is 2. The van der Waals surface area contributed by atoms with Crippen LogP contribution in [0.3, 0.4) is 0 Å². The van der Waals surface area contributed by atoms with Crippen molar-refractivity contribution in [2.24, 2.45) is 0 Å². The standard InChI is InChI=1S/C29H38N4O/c1-23(33-14-12-24-8-4-5-9-29(24)33)26-20-25-10-11-27(21-28(25)30-22-26)34-19-7-3-6-13-32-17-15-31(2)16-18-32/h4-5,8-11,20-23H,3,6-7,12-19H2,1-2H3/t23-/m0/s1. The van der Waals surface area contributed by atoms with Gasteiger partial charge in [-0.15, -0.1) is 0 Å². The van der Waals surface area contributed by atoms with Gasteiger partial charge in [-0.05, 0) is 81.6 Å². The number of hydrogen-bond donors (Lipinski definition) is 0. The van der Waals surface area contributed by atoms with Crippen LogP contribution in [0.2, 0.25) is 0 Å². The summed E-state index contributed by atoms with van der Waals surface area (Å²) in [6, 6.07) is 17.7. The summed E-state index contributed by atoms with van der Waals surface area (Å²) in [7, 11) is 2.21. The van der Waals surface area contributed by atoms with E-state index in [0.717, 1.165) is 37.3 Å². The van der Waals surface area contributed by atoms with Crippen LogP contribution in [0, 0.1) is 0 Å². The normalized spacial score (nSPS) is 17.8. The van der Waals surface area contributed by atoms with E-state index in [-0.39, 0.29) is 0 Å². The van der Waals surface area contributed by atoms with Crippen LogP contribution in [0.4, 0.5) is 5.69 Å². The number of rotatable bonds is 9. The first-order chi connectivity index (χ1) is 16.7. The Kier molecular flexibility index (Phi) is 7.31. The van der Waals surface area contributed by atoms with Gasteiger partial charge < -0.3 is 19.4 Å². The number of pyridine rings is 1. The first-order valence-corrected chi connectivity index (χ1v) is 13.0. The van der Waals surface area contributed by atoms with Crippen LogP contribution in [0.25, 0.3) is 10.9 Å². The molecule has 3 heterocycles. The van der Waals surface area contributed by atoms with Crippen LogP contribution >= 0.6 is 0 Å². The molecule has 0 saturated carbocycles. The maximum absolute atomic E-state index is 6.05. The van der Waals surface area contributed by atoms with E-state index in [4.69, 9.17) is 9.72 Å². The smallest absolute Gasteiger partial charge is 0.121 e. The average molecular weight is 459 g/mol. The summed E-state index contributed by atoms with van der Waals surface area (Å²) in [5.41, 5.74) is 5.08. The predicted molar refractivity (Wildman–Crippen MR) is 141 cm³/mol. The summed E-state index contributed by atoms with van der Waals surface area (Å²) in [6.07, 6.45) is 6.75. The molecule has 1 atom stereocenters. The molecule has 2 aliphatic heterocycles. The molecule has 2 aliphatic rings. The highest BCUT2D eigenvalue weighted by Gasteiger charge is 2.24. The third kappa shape index (κ3) is 5.37. The number of aromatic nitrogens is 1. The van der Waals surface area contributed by atoms with Crippen molar-refractivity contribution < 1.29 is 4.74 Å². The van der Waals surface area contributed by atoms with Crippen LogP contribution < -0.4 is 9.64 Å². The third-order valence-corrected chi connectivity index (χ3v) is 7.53. The van der Waals surface area contributed by atoms with Crippen molar-refractivity contribution >= 4 is 16.6 Å². The molecule has 5 heteroatoms. The molecule has 0 radical (unpaired) electrons. The lowest BCUT2D eigenvalue weighted by Gasteiger charge is -2.32. The Labute approximate surface area is 204 Å². The van der Waals surface area contributed by atoms with Gasteiger partial charge in [0.2, 0.25) is 0 Å². The molecular formula is C29H38N4O. The van der Waals surface area contributed by atoms with Gasteiger partial charge >= 0.3 is 0 Å². The number of likely N-dealkylation sites (N-methyl/N-ethyl adjacent to an activating group) is 1. The summed E-state index contributed by atoms with van der Waals surface area (Å²) >= 11 is 0. The Morgan fingerprint density at radius 1 is 0.941 bits per heavy atom. The van der Waals surface area contributed by atoms with E-state index in [1.807, 2.05) is 6.20 Å². The second-order valence-electron chi connectivity index (χ2n) is 9.93. The Bertz CT molecular complexity index is 1090. The van der Waals surface area contributed by atoms with Gasteiger partial charge in [0.1, 0.15) is 5.75 Å². The van der Waals surface area contributed by atoms with Crippen molar-refractivity contribution in [2.45, 2.75) is 38.6 Å². The SMILES string of the molecule is C[C@@H](c1cnc2cc(OCCCCCN3CCN(C)CC3)ccc2c1)N1CCc2ccccc21. The molecule has 0 aliphatic carbocycles. The number of nitrogens with zero attached hydrogens (tertiary/aromatic N) is 4. The van der Waals surface area contributed by atoms with Crippen molar-refractivity contribution in [3.05, 3.63) is 65.9 Å². The molecule has 0 spiro atoms. The molecule has 2 aromatic carbocycles. The second kappa shape index (κ2) is 10.7. The van der Waals surface area contributed by atoms with E-state index in [1.54, 1.807) is 0 Å². The van der Waals surface area contributed by atoms with E-state index < -0.39 is 0 Å². The first kappa shape index (κ1) is 23.1. The first-order valence-electron chi connectivity index (χ1n) is 13.0. The van der Waals surface area contributed by atoms with Gasteiger partial charge in [0.25, 0.3) is 0 Å². The molecule has 180 valence electrons. The van der Waals surface area contributed by atoms with Crippen molar-refractivity contribution in [1.29, 1.82) is 0 Å². The molecule has 0 amide bonds. The number of fused-ring (bicyclic) bond motifs is 2. The fourth-order valence-electron chi connectivity index (χ4n) is 5.26. The van der Waals surface area contributed by atoms with Crippen molar-refractivity contribution in [2.75, 3.05) is 57.8 Å². The number of piperazine rings is 1. The number of ether oxygens (including phenoxy) is 1. The van der Waals surface area contributed by atoms with Crippen molar-refractivity contribution in [3.8, 4) is 5.75 Å². The minimum absolute atomic E-state index is 0.308. The molecule has 1 fully saturated rings. The maximum Gasteiger partial charge on any atom is 0.121 e. The number of hydrogen-bond acceptors (Lipinski definition) is 5. The minimum Gasteiger partial charge on any atom is -0.494 e. The fourth-order valence-corrected chi connectivity index (χ4v) is 5.26. The zero-order chi connectivity index (χ0) is 23.3. The third-order valence-electron chi connectivity index (χ3n) is 7.53. The molecular weight excluding hydrogens is 420 g/mol. The van der Waals surface area contributed by atoms with Gasteiger partial charge in [-0.25, -0.2) is 0 Å². The van der Waals surface area contributed by atoms with Crippen molar-refractivity contribution in [3.63, 3.8) is 0 Å². The molecule has 5 rings (SSSR count). The lowest BCUT2D eigenvalue weighted by atomic mass is 10.1. The van der Waals surface area contributed by atoms with Crippen LogP contribution in [-0.4, -0.2) is 67.7 Å². The predicted octanol–water partition coefficient (Wildman–Crippen LogP) is 5.16. The summed E-state index contributed by atoms with van der Waals surface area (Å²) in [4.78, 5) is 12.3. The van der Waals surface area contributed by atoms with Gasteiger partial charge in [-0.3, -0.25) is 4.98 Å². The van der Waals surface area contributed by atoms with Gasteiger partial charge in [-0.2, -0.15) is 0 Å². The van der Waals surface area contributed by atoms with Crippen LogP contribution in [-0.2, 0) is 6.42 Å². The molecule has 1 aromatic heterocycles. The van der Waals surface area contributed by atoms with Crippen LogP contribution in [0.1, 0.15) is 43.4 Å². The molecule has 3 aromatic rings. The molecule has 1 saturated heterocycles. The van der Waals surface area contributed by atoms with E-state index >= 15 is 0 Å². The van der Waals surface area contributed by atoms with Crippen molar-refractivity contribution in [1.82, 2.24) is 14.8 Å². The molecule has 34 heavy (non-hydrogen) atoms. The highest BCUT2D eigenvalue weighted by Crippen LogP contribution is 2.35. The fraction of sp³-hybridized carbons (Fsp3) is 0.483. The zero-order valence-corrected chi connectivity index (χ0v) is 20.7. The molecule has 0 N–H and O–H groups in total. The zero-order valence-electron chi connectivity index (χ0n) is 20.7. The monoisotopic (exact) mass is 458 g/mol. The lowest BCUT2D eigenvalue weighted by Crippen LogP contribution is -2.44. The number of anilines is 1. The Morgan fingerprint density at radius 2 is 1.79 bits per heavy atom. The highest BCUT2D eigenvalue weighted by atomic mass is 16.5. The van der Waals surface area contributed by atoms with Gasteiger partial charge in [0.15, 0.2) is 0 Å². The quantitative estimate of drug-likeness (QED) is 0.414. The topological polar surface area (TPSA) is 31.8 Å². The van der Waals surface area contributed by atoms with E-state index in [2.05, 4.69) is 77.2 Å². The Morgan fingerprint density at radius 3 is 2.68 bits per heavy atom. The molecule has 0 unspecified atom stereocenters. The highest BCUT2D eigenvalue weighted by molar-refractivity contribution is 5.80. The number of unbranched alkanes of at least 4 members (excludes halogenated alkanes) is 2. The molecule has 5 nitrogen and oxygen atoms in total. The largest absolute Gasteiger partial charge is 0.494 e. The van der Waals surface area contributed by atoms with Gasteiger partial charge in [0, 0.05) is 56.1 Å². The van der Waals surface area contributed by atoms with E-state index in [0.29, 0.717) is 6.04 Å². The van der Waals surface area contributed by atoms with Crippen LogP contribution in [0.5, 0.6) is 5.75 Å².